The number of ketones is 2. The van der Waals surface area contributed by atoms with Crippen LogP contribution in [0.4, 0.5) is 57.9 Å². The van der Waals surface area contributed by atoms with Gasteiger partial charge in [-0.3, -0.25) is 9.59 Å². The van der Waals surface area contributed by atoms with Gasteiger partial charge in [-0.25, -0.2) is 18.5 Å². The third kappa shape index (κ3) is 11.2. The Morgan fingerprint density at radius 2 is 1.19 bits per heavy atom. The van der Waals surface area contributed by atoms with Crippen LogP contribution in [-0.4, -0.2) is 34.5 Å². The second-order valence-electron chi connectivity index (χ2n) is 14.3. The van der Waals surface area contributed by atoms with Gasteiger partial charge in [0.1, 0.15) is 11.6 Å². The minimum absolute atomic E-state index is 0.111. The van der Waals surface area contributed by atoms with E-state index in [4.69, 9.17) is 13.1 Å². The summed E-state index contributed by atoms with van der Waals surface area (Å²) in [6.45, 7) is 21.8. The number of fused-ring (bicyclic) bond motifs is 2. The van der Waals surface area contributed by atoms with E-state index in [1.165, 1.54) is 30.3 Å². The van der Waals surface area contributed by atoms with E-state index in [2.05, 4.69) is 30.9 Å². The van der Waals surface area contributed by atoms with Gasteiger partial charge in [-0.05, 0) is 99.2 Å². The molecule has 2 aliphatic heterocycles. The molecule has 0 amide bonds. The van der Waals surface area contributed by atoms with Crippen LogP contribution in [0.5, 0.6) is 0 Å². The Hall–Kier alpha value is -5.28. The number of carbonyl (C=O) groups excluding carboxylic acids is 2. The van der Waals surface area contributed by atoms with Gasteiger partial charge in [0.2, 0.25) is 0 Å². The first-order valence-electron chi connectivity index (χ1n) is 17.4. The topological polar surface area (TPSA) is 58.1 Å². The van der Waals surface area contributed by atoms with Crippen LogP contribution in [0.3, 0.4) is 0 Å². The molecule has 2 heterocycles. The second kappa shape index (κ2) is 17.5. The zero-order chi connectivity index (χ0) is 42.5. The van der Waals surface area contributed by atoms with Crippen molar-refractivity contribution in [2.24, 2.45) is 0 Å². The highest BCUT2D eigenvalue weighted by Crippen LogP contribution is 2.39. The van der Waals surface area contributed by atoms with Gasteiger partial charge < -0.3 is 10.2 Å². The molecule has 15 heteroatoms. The van der Waals surface area contributed by atoms with Crippen LogP contribution in [0.1, 0.15) is 61.1 Å². The normalized spacial score (nSPS) is 13.4. The van der Waals surface area contributed by atoms with Gasteiger partial charge in [0, 0.05) is 37.3 Å². The largest absolute Gasteiger partial charge is 0.407 e. The van der Waals surface area contributed by atoms with Gasteiger partial charge in [-0.1, -0.05) is 52.3 Å². The molecular weight excluding hydrogens is 824 g/mol. The Balaban J connectivity index is 0.000000212. The van der Waals surface area contributed by atoms with Gasteiger partial charge in [0.15, 0.2) is 22.9 Å². The van der Waals surface area contributed by atoms with Gasteiger partial charge in [-0.15, -0.1) is 0 Å². The van der Waals surface area contributed by atoms with Crippen molar-refractivity contribution in [3.8, 4) is 0 Å². The van der Waals surface area contributed by atoms with E-state index in [0.29, 0.717) is 13.0 Å². The summed E-state index contributed by atoms with van der Waals surface area (Å²) in [7, 11) is 0. The summed E-state index contributed by atoms with van der Waals surface area (Å²) in [6, 6.07) is 15.9. The average Bonchev–Trinajstić information content (AvgIpc) is 3.78. The molecule has 0 unspecified atom stereocenters. The summed E-state index contributed by atoms with van der Waals surface area (Å²) < 4.78 is 103. The Morgan fingerprint density at radius 1 is 0.702 bits per heavy atom. The zero-order valence-corrected chi connectivity index (χ0v) is 32.8. The molecule has 0 saturated carbocycles. The minimum Gasteiger partial charge on any atom is -0.384 e. The lowest BCUT2D eigenvalue weighted by molar-refractivity contribution is -0.137. The van der Waals surface area contributed by atoms with Crippen LogP contribution < -0.4 is 10.2 Å². The number of hydrogen-bond acceptors (Lipinski definition) is 4. The highest BCUT2D eigenvalue weighted by molar-refractivity contribution is 9.10. The van der Waals surface area contributed by atoms with Gasteiger partial charge >= 0.3 is 12.4 Å². The molecule has 300 valence electrons. The number of anilines is 2. The lowest BCUT2D eigenvalue weighted by atomic mass is 9.91. The monoisotopic (exact) mass is 860 g/mol. The molecular formula is C42H37BrF8N4O2. The third-order valence-electron chi connectivity index (χ3n) is 9.44. The van der Waals surface area contributed by atoms with E-state index >= 15 is 0 Å². The van der Waals surface area contributed by atoms with E-state index in [9.17, 15) is 44.7 Å². The summed E-state index contributed by atoms with van der Waals surface area (Å²) in [5.74, 6) is -0.962. The first-order valence-corrected chi connectivity index (χ1v) is 18.2. The van der Waals surface area contributed by atoms with Crippen LogP contribution in [0.25, 0.3) is 9.69 Å². The van der Waals surface area contributed by atoms with Crippen LogP contribution >= 0.6 is 15.9 Å². The summed E-state index contributed by atoms with van der Waals surface area (Å²) in [6.07, 6.45) is -8.01. The number of benzene rings is 4. The standard InChI is InChI=1S/C21H18F4N2O.C13H11BrF3NO.C8H8FN/c1-20(2,27-9-8-14-12-15(22)5-7-18(14)27)19(28)11-13-4-6-17(26-3)16(10-13)21(23,24)25;1-12(2,14)11(19)7-8-4-5-10(18-3)9(6-8)13(15,16)17;9-7-1-2-8-6(5-7)3-4-10-8/h4-7,10,12H,8-9,11H2,1-2H3;4-6H,7H2,1-2H3;1-2,5,10H,3-4H2. The number of carbonyl (C=O) groups is 2. The van der Waals surface area contributed by atoms with Gasteiger partial charge in [0.25, 0.3) is 0 Å². The Morgan fingerprint density at radius 3 is 1.68 bits per heavy atom. The fourth-order valence-electron chi connectivity index (χ4n) is 6.21. The van der Waals surface area contributed by atoms with Crippen LogP contribution in [0.2, 0.25) is 0 Å². The Kier molecular flexibility index (Phi) is 13.6. The number of hydrogen-bond donors (Lipinski definition) is 1. The average molecular weight is 862 g/mol. The number of nitrogens with one attached hydrogen (secondary N) is 1. The van der Waals surface area contributed by atoms with Crippen molar-refractivity contribution in [1.82, 2.24) is 0 Å². The number of rotatable bonds is 7. The molecule has 0 radical (unpaired) electrons. The van der Waals surface area contributed by atoms with Crippen molar-refractivity contribution in [3.63, 3.8) is 0 Å². The maximum atomic E-state index is 13.4. The van der Waals surface area contributed by atoms with Crippen molar-refractivity contribution in [2.45, 2.75) is 75.6 Å². The van der Waals surface area contributed by atoms with Crippen molar-refractivity contribution in [2.75, 3.05) is 23.3 Å². The Labute approximate surface area is 333 Å². The number of Topliss-reactive ketones (excluding diaryl/α,β-unsaturated/α-hetero) is 2. The SMILES string of the molecule is Fc1ccc2c(c1)CCN2.[C-]#[N+]c1ccc(CC(=O)C(C)(C)Br)cc1C(F)(F)F.[C-]#[N+]c1ccc(CC(=O)C(C)(C)N2CCc3cc(F)ccc32)cc1C(F)(F)F. The molecule has 0 bridgehead atoms. The first kappa shape index (κ1) is 44.4. The fraction of sp³-hybridized carbons (Fsp3) is 0.333. The molecule has 0 spiro atoms. The minimum atomic E-state index is -4.66. The molecule has 6 rings (SSSR count). The highest BCUT2D eigenvalue weighted by atomic mass is 79.9. The van der Waals surface area contributed by atoms with E-state index in [1.807, 2.05) is 4.90 Å². The van der Waals surface area contributed by atoms with Gasteiger partial charge in [-0.2, -0.15) is 26.3 Å². The quantitative estimate of drug-likeness (QED) is 0.114. The van der Waals surface area contributed by atoms with E-state index in [-0.39, 0.29) is 47.2 Å². The maximum absolute atomic E-state index is 13.4. The van der Waals surface area contributed by atoms with Crippen molar-refractivity contribution < 1.29 is 44.7 Å². The van der Waals surface area contributed by atoms with Crippen molar-refractivity contribution >= 4 is 50.2 Å². The maximum Gasteiger partial charge on any atom is 0.407 e. The molecule has 4 aromatic carbocycles. The van der Waals surface area contributed by atoms with Crippen LogP contribution in [0.15, 0.2) is 72.8 Å². The van der Waals surface area contributed by atoms with E-state index in [1.54, 1.807) is 45.9 Å². The van der Waals surface area contributed by atoms with E-state index < -0.39 is 44.7 Å². The summed E-state index contributed by atoms with van der Waals surface area (Å²) in [5.41, 5.74) is 0.253. The second-order valence-corrected chi connectivity index (χ2v) is 16.3. The summed E-state index contributed by atoms with van der Waals surface area (Å²) in [4.78, 5) is 32.3. The molecule has 0 saturated heterocycles. The number of halogens is 9. The zero-order valence-electron chi connectivity index (χ0n) is 31.2. The molecule has 0 atom stereocenters. The lowest BCUT2D eigenvalue weighted by Crippen LogP contribution is -2.50. The molecule has 2 aliphatic rings. The molecule has 0 fully saturated rings. The third-order valence-corrected chi connectivity index (χ3v) is 9.88. The molecule has 6 nitrogen and oxygen atoms in total. The predicted molar refractivity (Wildman–Crippen MR) is 206 cm³/mol. The van der Waals surface area contributed by atoms with Crippen molar-refractivity contribution in [1.29, 1.82) is 0 Å². The molecule has 1 N–H and O–H groups in total. The molecule has 0 aliphatic carbocycles. The number of alkyl halides is 7. The Bertz CT molecular complexity index is 2230. The smallest absolute Gasteiger partial charge is 0.384 e. The molecule has 4 aromatic rings. The lowest BCUT2D eigenvalue weighted by Gasteiger charge is -2.36. The predicted octanol–water partition coefficient (Wildman–Crippen LogP) is 11.7. The van der Waals surface area contributed by atoms with E-state index in [0.717, 1.165) is 59.7 Å². The molecule has 0 aromatic heterocycles. The van der Waals surface area contributed by atoms with Crippen LogP contribution in [-0.2, 0) is 47.6 Å². The summed E-state index contributed by atoms with van der Waals surface area (Å²) in [5, 5.41) is 3.16. The van der Waals surface area contributed by atoms with Gasteiger partial charge in [0.05, 0.1) is 34.1 Å². The summed E-state index contributed by atoms with van der Waals surface area (Å²) >= 11 is 3.17. The number of nitrogens with zero attached hydrogens (tertiary/aromatic N) is 3. The first-order chi connectivity index (χ1) is 26.4. The van der Waals surface area contributed by atoms with Crippen LogP contribution in [0, 0.1) is 24.8 Å². The van der Waals surface area contributed by atoms with Crippen molar-refractivity contribution in [3.05, 3.63) is 141 Å². The fourth-order valence-corrected chi connectivity index (χ4v) is 6.35. The highest BCUT2D eigenvalue weighted by Gasteiger charge is 2.39. The molecule has 57 heavy (non-hydrogen) atoms.